The molecule has 2 N–H and O–H groups in total. The summed E-state index contributed by atoms with van der Waals surface area (Å²) < 4.78 is 0. The zero-order chi connectivity index (χ0) is 13.2. The van der Waals surface area contributed by atoms with Gasteiger partial charge in [-0.2, -0.15) is 0 Å². The van der Waals surface area contributed by atoms with Crippen molar-refractivity contribution in [1.82, 2.24) is 0 Å². The smallest absolute Gasteiger partial charge is 0.0249 e. The molecule has 3 atom stereocenters. The molecule has 0 aliphatic heterocycles. The van der Waals surface area contributed by atoms with E-state index < -0.39 is 0 Å². The molecule has 0 amide bonds. The minimum absolute atomic E-state index is 0.355. The molecule has 0 bridgehead atoms. The Kier molecular flexibility index (Phi) is 4.39. The normalized spacial score (nSPS) is 29.2. The Hall–Kier alpha value is -0.470. The zero-order valence-corrected chi connectivity index (χ0v) is 12.5. The molecule has 0 heterocycles. The van der Waals surface area contributed by atoms with Crippen molar-refractivity contribution in [2.45, 2.75) is 56.2 Å². The molecule has 0 radical (unpaired) electrons. The van der Waals surface area contributed by atoms with Crippen LogP contribution in [-0.4, -0.2) is 11.3 Å². The summed E-state index contributed by atoms with van der Waals surface area (Å²) in [4.78, 5) is 1.35. The second-order valence-corrected chi connectivity index (χ2v) is 7.82. The Bertz CT molecular complexity index is 368. The average molecular weight is 263 g/mol. The van der Waals surface area contributed by atoms with Crippen molar-refractivity contribution in [2.24, 2.45) is 17.1 Å². The first-order chi connectivity index (χ1) is 8.47. The van der Waals surface area contributed by atoms with Gasteiger partial charge in [0, 0.05) is 16.2 Å². The highest BCUT2D eigenvalue weighted by atomic mass is 32.2. The molecule has 0 spiro atoms. The monoisotopic (exact) mass is 263 g/mol. The highest BCUT2D eigenvalue weighted by Crippen LogP contribution is 2.42. The summed E-state index contributed by atoms with van der Waals surface area (Å²) in [5, 5.41) is 0.574. The molecule has 1 saturated carbocycles. The maximum atomic E-state index is 6.31. The van der Waals surface area contributed by atoms with Crippen LogP contribution in [0.4, 0.5) is 0 Å². The van der Waals surface area contributed by atoms with Gasteiger partial charge in [-0.05, 0) is 42.7 Å². The van der Waals surface area contributed by atoms with Gasteiger partial charge in [0.25, 0.3) is 0 Å². The van der Waals surface area contributed by atoms with Gasteiger partial charge in [0.2, 0.25) is 0 Å². The molecule has 0 saturated heterocycles. The zero-order valence-electron chi connectivity index (χ0n) is 11.7. The summed E-state index contributed by atoms with van der Waals surface area (Å²) in [5.74, 6) is 0.804. The van der Waals surface area contributed by atoms with Crippen LogP contribution in [0.2, 0.25) is 0 Å². The van der Waals surface area contributed by atoms with Crippen molar-refractivity contribution in [3.8, 4) is 0 Å². The SMILES string of the molecule is CC(C)(C)C1CCC(N)C(Sc2ccccc2)C1. The molecule has 1 aliphatic carbocycles. The summed E-state index contributed by atoms with van der Waals surface area (Å²) in [6.45, 7) is 7.08. The molecular weight excluding hydrogens is 238 g/mol. The number of rotatable bonds is 2. The maximum absolute atomic E-state index is 6.31. The minimum Gasteiger partial charge on any atom is -0.327 e. The van der Waals surface area contributed by atoms with Crippen LogP contribution < -0.4 is 5.73 Å². The number of hydrogen-bond donors (Lipinski definition) is 1. The van der Waals surface area contributed by atoms with E-state index in [0.29, 0.717) is 16.7 Å². The summed E-state index contributed by atoms with van der Waals surface area (Å²) in [6.07, 6.45) is 3.72. The van der Waals surface area contributed by atoms with Crippen LogP contribution in [0.3, 0.4) is 0 Å². The first kappa shape index (κ1) is 14.0. The lowest BCUT2D eigenvalue weighted by atomic mass is 9.71. The number of benzene rings is 1. The Morgan fingerprint density at radius 3 is 2.39 bits per heavy atom. The number of nitrogens with two attached hydrogens (primary N) is 1. The lowest BCUT2D eigenvalue weighted by molar-refractivity contribution is 0.174. The number of hydrogen-bond acceptors (Lipinski definition) is 2. The molecular formula is C16H25NS. The Morgan fingerprint density at radius 1 is 1.11 bits per heavy atom. The molecule has 3 unspecified atom stereocenters. The van der Waals surface area contributed by atoms with Crippen LogP contribution >= 0.6 is 11.8 Å². The van der Waals surface area contributed by atoms with Gasteiger partial charge in [-0.15, -0.1) is 11.8 Å². The summed E-state index contributed by atoms with van der Waals surface area (Å²) in [6, 6.07) is 11.0. The van der Waals surface area contributed by atoms with Crippen LogP contribution in [0.15, 0.2) is 35.2 Å². The predicted molar refractivity (Wildman–Crippen MR) is 80.9 cm³/mol. The fourth-order valence-electron chi connectivity index (χ4n) is 2.75. The quantitative estimate of drug-likeness (QED) is 0.860. The highest BCUT2D eigenvalue weighted by Gasteiger charge is 2.34. The van der Waals surface area contributed by atoms with E-state index in [1.165, 1.54) is 24.2 Å². The van der Waals surface area contributed by atoms with Crippen LogP contribution in [0.5, 0.6) is 0 Å². The maximum Gasteiger partial charge on any atom is 0.0249 e. The van der Waals surface area contributed by atoms with Gasteiger partial charge >= 0.3 is 0 Å². The molecule has 1 nitrogen and oxygen atoms in total. The summed E-state index contributed by atoms with van der Waals surface area (Å²) in [5.41, 5.74) is 6.72. The molecule has 18 heavy (non-hydrogen) atoms. The van der Waals surface area contributed by atoms with E-state index >= 15 is 0 Å². The van der Waals surface area contributed by atoms with E-state index in [1.54, 1.807) is 0 Å². The molecule has 1 aromatic carbocycles. The van der Waals surface area contributed by atoms with Crippen LogP contribution in [0, 0.1) is 11.3 Å². The van der Waals surface area contributed by atoms with Crippen molar-refractivity contribution in [1.29, 1.82) is 0 Å². The van der Waals surface area contributed by atoms with Gasteiger partial charge in [-0.25, -0.2) is 0 Å². The lowest BCUT2D eigenvalue weighted by Crippen LogP contribution is -2.41. The van der Waals surface area contributed by atoms with Crippen LogP contribution in [0.25, 0.3) is 0 Å². The summed E-state index contributed by atoms with van der Waals surface area (Å²) >= 11 is 1.97. The van der Waals surface area contributed by atoms with Crippen LogP contribution in [0.1, 0.15) is 40.0 Å². The molecule has 1 aliphatic rings. The van der Waals surface area contributed by atoms with Crippen molar-refractivity contribution in [3.05, 3.63) is 30.3 Å². The van der Waals surface area contributed by atoms with E-state index in [0.717, 1.165) is 5.92 Å². The van der Waals surface area contributed by atoms with E-state index in [1.807, 2.05) is 11.8 Å². The molecule has 2 heteroatoms. The third-order valence-corrected chi connectivity index (χ3v) is 5.49. The van der Waals surface area contributed by atoms with Gasteiger partial charge in [-0.3, -0.25) is 0 Å². The van der Waals surface area contributed by atoms with E-state index in [-0.39, 0.29) is 0 Å². The van der Waals surface area contributed by atoms with Gasteiger partial charge in [0.15, 0.2) is 0 Å². The van der Waals surface area contributed by atoms with Gasteiger partial charge < -0.3 is 5.73 Å². The first-order valence-corrected chi connectivity index (χ1v) is 7.82. The molecule has 0 aromatic heterocycles. The Morgan fingerprint density at radius 2 is 1.78 bits per heavy atom. The Balaban J connectivity index is 2.02. The predicted octanol–water partition coefficient (Wildman–Crippen LogP) is 4.32. The Labute approximate surface area is 116 Å². The fraction of sp³-hybridized carbons (Fsp3) is 0.625. The van der Waals surface area contributed by atoms with E-state index in [9.17, 15) is 0 Å². The second kappa shape index (κ2) is 5.66. The van der Waals surface area contributed by atoms with Crippen molar-refractivity contribution >= 4 is 11.8 Å². The van der Waals surface area contributed by atoms with E-state index in [4.69, 9.17) is 5.73 Å². The lowest BCUT2D eigenvalue weighted by Gasteiger charge is -2.40. The molecule has 1 fully saturated rings. The molecule has 2 rings (SSSR count). The number of thioether (sulfide) groups is 1. The first-order valence-electron chi connectivity index (χ1n) is 6.94. The standard InChI is InChI=1S/C16H25NS/c1-16(2,3)12-9-10-14(17)15(11-12)18-13-7-5-4-6-8-13/h4-8,12,14-15H,9-11,17H2,1-3H3. The topological polar surface area (TPSA) is 26.0 Å². The fourth-order valence-corrected chi connectivity index (χ4v) is 4.05. The highest BCUT2D eigenvalue weighted by molar-refractivity contribution is 8.00. The van der Waals surface area contributed by atoms with Crippen molar-refractivity contribution < 1.29 is 0 Å². The van der Waals surface area contributed by atoms with Crippen LogP contribution in [-0.2, 0) is 0 Å². The molecule has 100 valence electrons. The van der Waals surface area contributed by atoms with Gasteiger partial charge in [-0.1, -0.05) is 39.0 Å². The average Bonchev–Trinajstić information content (AvgIpc) is 2.32. The third-order valence-electron chi connectivity index (χ3n) is 4.10. The van der Waals surface area contributed by atoms with Crippen molar-refractivity contribution in [2.75, 3.05) is 0 Å². The minimum atomic E-state index is 0.355. The van der Waals surface area contributed by atoms with E-state index in [2.05, 4.69) is 51.1 Å². The third kappa shape index (κ3) is 3.52. The van der Waals surface area contributed by atoms with Crippen molar-refractivity contribution in [3.63, 3.8) is 0 Å². The van der Waals surface area contributed by atoms with Gasteiger partial charge in [0.05, 0.1) is 0 Å². The summed E-state index contributed by atoms with van der Waals surface area (Å²) in [7, 11) is 0. The van der Waals surface area contributed by atoms with Gasteiger partial charge in [0.1, 0.15) is 0 Å². The second-order valence-electron chi connectivity index (χ2n) is 6.51. The molecule has 1 aromatic rings. The largest absolute Gasteiger partial charge is 0.327 e.